The number of nitrogens with one attached hydrogen (secondary N) is 1. The molecule has 4 rings (SSSR count). The third-order valence-electron chi connectivity index (χ3n) is 5.08. The number of nitrogens with zero attached hydrogens (tertiary/aromatic N) is 5. The Hall–Kier alpha value is -3.35. The van der Waals surface area contributed by atoms with E-state index in [9.17, 15) is 4.39 Å². The zero-order valence-electron chi connectivity index (χ0n) is 17.0. The van der Waals surface area contributed by atoms with Crippen LogP contribution in [0.3, 0.4) is 0 Å². The van der Waals surface area contributed by atoms with Crippen molar-refractivity contribution in [1.29, 1.82) is 5.26 Å². The Bertz CT molecular complexity index is 1100. The van der Waals surface area contributed by atoms with Crippen LogP contribution in [0.4, 0.5) is 9.52 Å². The fourth-order valence-corrected chi connectivity index (χ4v) is 3.98. The van der Waals surface area contributed by atoms with Crippen LogP contribution in [0.15, 0.2) is 53.5 Å². The zero-order valence-corrected chi connectivity index (χ0v) is 17.8. The molecule has 1 saturated heterocycles. The lowest BCUT2D eigenvalue weighted by Gasteiger charge is -2.28. The van der Waals surface area contributed by atoms with Crippen molar-refractivity contribution in [3.05, 3.63) is 65.7 Å². The van der Waals surface area contributed by atoms with E-state index in [1.165, 1.54) is 6.07 Å². The van der Waals surface area contributed by atoms with E-state index in [-0.39, 0.29) is 11.7 Å². The minimum absolute atomic E-state index is 0.199. The molecule has 1 aliphatic heterocycles. The molecule has 1 aliphatic rings. The van der Waals surface area contributed by atoms with Crippen molar-refractivity contribution in [3.8, 4) is 17.3 Å². The minimum Gasteiger partial charge on any atom is -0.378 e. The van der Waals surface area contributed by atoms with Gasteiger partial charge in [-0.25, -0.2) is 9.37 Å². The molecule has 0 aliphatic carbocycles. The molecule has 31 heavy (non-hydrogen) atoms. The van der Waals surface area contributed by atoms with Crippen LogP contribution in [0.25, 0.3) is 11.1 Å². The molecule has 1 unspecified atom stereocenters. The van der Waals surface area contributed by atoms with E-state index in [1.54, 1.807) is 6.07 Å². The number of guanidine groups is 1. The van der Waals surface area contributed by atoms with E-state index in [1.807, 2.05) is 54.4 Å². The normalized spacial score (nSPS) is 15.4. The summed E-state index contributed by atoms with van der Waals surface area (Å²) in [6, 6.07) is 14.7. The topological polar surface area (TPSA) is 86.4 Å². The van der Waals surface area contributed by atoms with E-state index in [4.69, 9.17) is 10.00 Å². The molecule has 0 spiro atoms. The lowest BCUT2D eigenvalue weighted by Crippen LogP contribution is -2.45. The van der Waals surface area contributed by atoms with Crippen molar-refractivity contribution >= 4 is 22.6 Å². The summed E-state index contributed by atoms with van der Waals surface area (Å²) in [5, 5.41) is 12.1. The molecule has 0 radical (unpaired) electrons. The second-order valence-electron chi connectivity index (χ2n) is 7.03. The molecule has 158 valence electrons. The highest BCUT2D eigenvalue weighted by Crippen LogP contribution is 2.30. The molecule has 0 saturated carbocycles. The standard InChI is InChI=1S/C22H21FN6OS/c1-15(17-7-8-18(19(23)13-17)16-5-3-2-4-6-16)20-26-22(31-28-20)27-21(25-14-24)29-9-11-30-12-10-29/h2-8,13,15H,9-12H2,1H3,(H,25,26,27,28). The fraction of sp³-hybridized carbons (Fsp3) is 0.273. The van der Waals surface area contributed by atoms with Gasteiger partial charge >= 0.3 is 0 Å². The number of ether oxygens (including phenoxy) is 1. The Kier molecular flexibility index (Phi) is 6.50. The maximum atomic E-state index is 14.8. The van der Waals surface area contributed by atoms with Gasteiger partial charge in [0, 0.05) is 36.1 Å². The first kappa shape index (κ1) is 20.9. The first-order valence-electron chi connectivity index (χ1n) is 9.90. The summed E-state index contributed by atoms with van der Waals surface area (Å²) in [5.41, 5.74) is 2.18. The summed E-state index contributed by atoms with van der Waals surface area (Å²) in [4.78, 5) is 10.9. The molecule has 1 aromatic heterocycles. The maximum Gasteiger partial charge on any atom is 0.232 e. The summed E-state index contributed by atoms with van der Waals surface area (Å²) in [6.45, 7) is 4.37. The predicted molar refractivity (Wildman–Crippen MR) is 117 cm³/mol. The van der Waals surface area contributed by atoms with Crippen LogP contribution >= 0.6 is 11.5 Å². The highest BCUT2D eigenvalue weighted by atomic mass is 32.1. The number of aliphatic imine (C=N–C) groups is 1. The van der Waals surface area contributed by atoms with Gasteiger partial charge in [0.2, 0.25) is 11.1 Å². The number of rotatable bonds is 4. The zero-order chi connectivity index (χ0) is 21.6. The Morgan fingerprint density at radius 2 is 2.03 bits per heavy atom. The van der Waals surface area contributed by atoms with Crippen molar-refractivity contribution < 1.29 is 9.13 Å². The van der Waals surface area contributed by atoms with Crippen LogP contribution in [0.2, 0.25) is 0 Å². The van der Waals surface area contributed by atoms with Crippen molar-refractivity contribution in [2.45, 2.75) is 12.8 Å². The molecule has 1 atom stereocenters. The Labute approximate surface area is 184 Å². The molecule has 1 N–H and O–H groups in total. The minimum atomic E-state index is -0.281. The summed E-state index contributed by atoms with van der Waals surface area (Å²) >= 11 is 1.15. The Balaban J connectivity index is 1.54. The van der Waals surface area contributed by atoms with Gasteiger partial charge in [0.1, 0.15) is 5.82 Å². The molecular formula is C22H21FN6OS. The van der Waals surface area contributed by atoms with Gasteiger partial charge < -0.3 is 9.64 Å². The van der Waals surface area contributed by atoms with E-state index in [0.717, 1.165) is 22.7 Å². The van der Waals surface area contributed by atoms with E-state index in [0.29, 0.717) is 48.8 Å². The molecule has 3 aromatic rings. The second kappa shape index (κ2) is 9.64. The molecule has 0 amide bonds. The quantitative estimate of drug-likeness (QED) is 0.289. The number of aromatic nitrogens is 2. The lowest BCUT2D eigenvalue weighted by atomic mass is 9.96. The van der Waals surface area contributed by atoms with Crippen molar-refractivity contribution in [2.75, 3.05) is 26.3 Å². The molecule has 0 bridgehead atoms. The van der Waals surface area contributed by atoms with Crippen LogP contribution in [0.5, 0.6) is 0 Å². The van der Waals surface area contributed by atoms with Gasteiger partial charge in [-0.1, -0.05) is 49.4 Å². The number of halogens is 1. The van der Waals surface area contributed by atoms with E-state index < -0.39 is 0 Å². The Morgan fingerprint density at radius 3 is 2.74 bits per heavy atom. The number of hydrogen-bond acceptors (Lipinski definition) is 6. The average Bonchev–Trinajstić information content (AvgIpc) is 3.28. The monoisotopic (exact) mass is 436 g/mol. The summed E-state index contributed by atoms with van der Waals surface area (Å²) in [6.07, 6.45) is 1.92. The molecule has 2 aromatic carbocycles. The van der Waals surface area contributed by atoms with Crippen molar-refractivity contribution in [1.82, 2.24) is 19.6 Å². The van der Waals surface area contributed by atoms with E-state index in [2.05, 4.69) is 19.7 Å². The molecule has 9 heteroatoms. The summed E-state index contributed by atoms with van der Waals surface area (Å²) < 4.78 is 24.5. The highest BCUT2D eigenvalue weighted by Gasteiger charge is 2.19. The number of hydrogen-bond donors (Lipinski definition) is 1. The summed E-state index contributed by atoms with van der Waals surface area (Å²) in [7, 11) is 0. The van der Waals surface area contributed by atoms with Crippen LogP contribution in [0.1, 0.15) is 24.2 Å². The van der Waals surface area contributed by atoms with Gasteiger partial charge in [-0.15, -0.1) is 0 Å². The third-order valence-corrected chi connectivity index (χ3v) is 5.70. The maximum absolute atomic E-state index is 14.8. The number of morpholine rings is 1. The first-order valence-corrected chi connectivity index (χ1v) is 10.7. The number of benzene rings is 2. The lowest BCUT2D eigenvalue weighted by molar-refractivity contribution is 0.0670. The van der Waals surface area contributed by atoms with Crippen molar-refractivity contribution in [2.24, 2.45) is 4.99 Å². The van der Waals surface area contributed by atoms with Crippen LogP contribution in [-0.4, -0.2) is 46.5 Å². The number of nitriles is 1. The molecule has 2 heterocycles. The second-order valence-corrected chi connectivity index (χ2v) is 7.76. The van der Waals surface area contributed by atoms with Crippen LogP contribution in [-0.2, 0) is 4.74 Å². The van der Waals surface area contributed by atoms with E-state index >= 15 is 0 Å². The van der Waals surface area contributed by atoms with Crippen molar-refractivity contribution in [3.63, 3.8) is 0 Å². The van der Waals surface area contributed by atoms with Gasteiger partial charge in [0.05, 0.1) is 13.2 Å². The average molecular weight is 437 g/mol. The third kappa shape index (κ3) is 4.87. The van der Waals surface area contributed by atoms with Gasteiger partial charge in [0.25, 0.3) is 0 Å². The largest absolute Gasteiger partial charge is 0.378 e. The van der Waals surface area contributed by atoms with Gasteiger partial charge in [-0.3, -0.25) is 5.32 Å². The SMILES string of the molecule is CC(c1ccc(-c2ccccc2)c(F)c1)c1nsc(/N=C(\NC#N)N2CCOCC2)n1. The highest BCUT2D eigenvalue weighted by molar-refractivity contribution is 7.09. The molecule has 7 nitrogen and oxygen atoms in total. The Morgan fingerprint density at radius 1 is 1.26 bits per heavy atom. The first-order chi connectivity index (χ1) is 15.2. The smallest absolute Gasteiger partial charge is 0.232 e. The van der Waals surface area contributed by atoms with Gasteiger partial charge in [-0.05, 0) is 17.2 Å². The predicted octanol–water partition coefficient (Wildman–Crippen LogP) is 3.89. The van der Waals surface area contributed by atoms with Gasteiger partial charge in [0.15, 0.2) is 12.0 Å². The molecule has 1 fully saturated rings. The molecular weight excluding hydrogens is 415 g/mol. The van der Waals surface area contributed by atoms with Crippen LogP contribution in [0, 0.1) is 17.3 Å². The van der Waals surface area contributed by atoms with Crippen LogP contribution < -0.4 is 5.32 Å². The summed E-state index contributed by atoms with van der Waals surface area (Å²) in [5.74, 6) is 0.514. The van der Waals surface area contributed by atoms with Gasteiger partial charge in [-0.2, -0.15) is 14.6 Å². The fourth-order valence-electron chi connectivity index (χ4n) is 3.34.